The molecule has 8 nitrogen and oxygen atoms in total. The van der Waals surface area contributed by atoms with Crippen molar-refractivity contribution in [3.8, 4) is 11.5 Å². The third-order valence-corrected chi connectivity index (χ3v) is 5.61. The van der Waals surface area contributed by atoms with Crippen molar-refractivity contribution >= 4 is 27.3 Å². The lowest BCUT2D eigenvalue weighted by molar-refractivity contribution is -0.118. The maximum atomic E-state index is 12.2. The fourth-order valence-corrected chi connectivity index (χ4v) is 3.51. The van der Waals surface area contributed by atoms with E-state index < -0.39 is 10.0 Å². The van der Waals surface area contributed by atoms with Crippen LogP contribution in [0, 0.1) is 6.92 Å². The zero-order valence-corrected chi connectivity index (χ0v) is 19.3. The lowest BCUT2D eigenvalue weighted by Crippen LogP contribution is -2.20. The largest absolute Gasteiger partial charge is 0.490 e. The van der Waals surface area contributed by atoms with Crippen molar-refractivity contribution in [3.05, 3.63) is 77.9 Å². The summed E-state index contributed by atoms with van der Waals surface area (Å²) in [6.45, 7) is 4.61. The molecule has 0 aromatic heterocycles. The molecule has 0 radical (unpaired) electrons. The Balaban J connectivity index is 1.60. The van der Waals surface area contributed by atoms with Crippen LogP contribution < -0.4 is 25.2 Å². The van der Waals surface area contributed by atoms with Gasteiger partial charge in [0.25, 0.3) is 5.91 Å². The molecule has 174 valence electrons. The highest BCUT2D eigenvalue weighted by atomic mass is 32.2. The molecule has 0 saturated carbocycles. The van der Waals surface area contributed by atoms with Crippen LogP contribution in [0.3, 0.4) is 0 Å². The summed E-state index contributed by atoms with van der Waals surface area (Å²) in [6, 6.07) is 19.2. The zero-order valence-electron chi connectivity index (χ0n) is 18.5. The van der Waals surface area contributed by atoms with Crippen LogP contribution in [0.5, 0.6) is 11.5 Å². The van der Waals surface area contributed by atoms with E-state index in [0.717, 1.165) is 16.8 Å². The minimum absolute atomic E-state index is 0.0552. The van der Waals surface area contributed by atoms with E-state index in [0.29, 0.717) is 30.3 Å². The number of amides is 1. The number of benzene rings is 3. The number of hydrogen-bond acceptors (Lipinski definition) is 6. The Morgan fingerprint density at radius 1 is 0.909 bits per heavy atom. The molecule has 1 amide bonds. The molecule has 0 aliphatic rings. The molecule has 0 bridgehead atoms. The van der Waals surface area contributed by atoms with Crippen molar-refractivity contribution in [1.82, 2.24) is 0 Å². The van der Waals surface area contributed by atoms with E-state index in [9.17, 15) is 13.2 Å². The Bertz CT molecular complexity index is 1190. The average Bonchev–Trinajstić information content (AvgIpc) is 2.78. The Morgan fingerprint density at radius 3 is 2.21 bits per heavy atom. The number of aryl methyl sites for hydroxylation is 1. The van der Waals surface area contributed by atoms with Crippen LogP contribution in [0.1, 0.15) is 18.1 Å². The normalized spacial score (nSPS) is 11.0. The summed E-state index contributed by atoms with van der Waals surface area (Å²) in [7, 11) is -3.72. The highest BCUT2D eigenvalue weighted by Crippen LogP contribution is 2.29. The van der Waals surface area contributed by atoms with Crippen molar-refractivity contribution < 1.29 is 22.7 Å². The summed E-state index contributed by atoms with van der Waals surface area (Å²) >= 11 is 0. The Morgan fingerprint density at radius 2 is 1.58 bits per heavy atom. The maximum absolute atomic E-state index is 12.2. The molecule has 9 heteroatoms. The first-order valence-electron chi connectivity index (χ1n) is 10.4. The number of sulfonamides is 1. The fraction of sp³-hybridized carbons (Fsp3) is 0.208. The molecule has 0 fully saturated rings. The lowest BCUT2D eigenvalue weighted by Gasteiger charge is -2.14. The number of anilines is 2. The molecule has 0 saturated heterocycles. The topological polar surface area (TPSA) is 120 Å². The summed E-state index contributed by atoms with van der Waals surface area (Å²) in [5.74, 6) is 0.733. The molecule has 0 aliphatic carbocycles. The lowest BCUT2D eigenvalue weighted by atomic mass is 10.2. The van der Waals surface area contributed by atoms with Gasteiger partial charge in [0, 0.05) is 17.9 Å². The molecule has 0 aliphatic heterocycles. The minimum Gasteiger partial charge on any atom is -0.490 e. The SMILES string of the molecule is CCOc1cc(CNc2ccc(S(N)(=O)=O)cc2)ccc1OCC(=O)Nc1ccc(C)cc1. The van der Waals surface area contributed by atoms with Crippen LogP contribution in [0.25, 0.3) is 0 Å². The monoisotopic (exact) mass is 469 g/mol. The van der Waals surface area contributed by atoms with E-state index in [-0.39, 0.29) is 17.4 Å². The molecule has 0 atom stereocenters. The van der Waals surface area contributed by atoms with E-state index in [1.807, 2.05) is 50.2 Å². The highest BCUT2D eigenvalue weighted by Gasteiger charge is 2.11. The number of rotatable bonds is 10. The number of nitrogens with two attached hydrogens (primary N) is 1. The quantitative estimate of drug-likeness (QED) is 0.417. The number of nitrogens with one attached hydrogen (secondary N) is 2. The van der Waals surface area contributed by atoms with Gasteiger partial charge in [0.15, 0.2) is 18.1 Å². The highest BCUT2D eigenvalue weighted by molar-refractivity contribution is 7.89. The van der Waals surface area contributed by atoms with Gasteiger partial charge in [-0.25, -0.2) is 13.6 Å². The summed E-state index contributed by atoms with van der Waals surface area (Å²) < 4.78 is 34.1. The van der Waals surface area contributed by atoms with Gasteiger partial charge in [-0.3, -0.25) is 4.79 Å². The van der Waals surface area contributed by atoms with Crippen LogP contribution in [0.15, 0.2) is 71.6 Å². The van der Waals surface area contributed by atoms with Gasteiger partial charge in [0.1, 0.15) is 0 Å². The van der Waals surface area contributed by atoms with Crippen molar-refractivity contribution in [1.29, 1.82) is 0 Å². The van der Waals surface area contributed by atoms with Gasteiger partial charge < -0.3 is 20.1 Å². The molecule has 4 N–H and O–H groups in total. The van der Waals surface area contributed by atoms with Gasteiger partial charge >= 0.3 is 0 Å². The molecule has 0 spiro atoms. The van der Waals surface area contributed by atoms with Crippen LogP contribution in [0.4, 0.5) is 11.4 Å². The van der Waals surface area contributed by atoms with Gasteiger partial charge in [0.2, 0.25) is 10.0 Å². The van der Waals surface area contributed by atoms with E-state index in [1.54, 1.807) is 18.2 Å². The van der Waals surface area contributed by atoms with Crippen LogP contribution in [-0.2, 0) is 21.4 Å². The minimum atomic E-state index is -3.72. The Labute approximate surface area is 193 Å². The third kappa shape index (κ3) is 7.23. The zero-order chi connectivity index (χ0) is 23.8. The maximum Gasteiger partial charge on any atom is 0.262 e. The second-order valence-electron chi connectivity index (χ2n) is 7.34. The molecular formula is C24H27N3O5S. The van der Waals surface area contributed by atoms with Crippen LogP contribution >= 0.6 is 0 Å². The molecule has 33 heavy (non-hydrogen) atoms. The molecule has 0 heterocycles. The van der Waals surface area contributed by atoms with Crippen molar-refractivity contribution in [3.63, 3.8) is 0 Å². The molecule has 3 rings (SSSR count). The molecule has 3 aromatic rings. The standard InChI is InChI=1S/C24H27N3O5S/c1-3-31-23-14-18(15-26-19-9-11-21(12-10-19)33(25,29)30)6-13-22(23)32-16-24(28)27-20-7-4-17(2)5-8-20/h4-14,26H,3,15-16H2,1-2H3,(H,27,28)(H2,25,29,30). The van der Waals surface area contributed by atoms with Gasteiger partial charge in [-0.15, -0.1) is 0 Å². The van der Waals surface area contributed by atoms with Crippen molar-refractivity contribution in [2.75, 3.05) is 23.8 Å². The smallest absolute Gasteiger partial charge is 0.262 e. The summed E-state index contributed by atoms with van der Waals surface area (Å²) in [5, 5.41) is 11.1. The van der Waals surface area contributed by atoms with Gasteiger partial charge in [-0.1, -0.05) is 23.8 Å². The predicted octanol–water partition coefficient (Wildman–Crippen LogP) is 3.67. The van der Waals surface area contributed by atoms with E-state index in [2.05, 4.69) is 10.6 Å². The first-order chi connectivity index (χ1) is 15.7. The van der Waals surface area contributed by atoms with E-state index >= 15 is 0 Å². The van der Waals surface area contributed by atoms with Gasteiger partial charge in [-0.2, -0.15) is 0 Å². The second-order valence-corrected chi connectivity index (χ2v) is 8.90. The summed E-state index contributed by atoms with van der Waals surface area (Å²) in [4.78, 5) is 12.3. The first kappa shape index (κ1) is 24.1. The van der Waals surface area contributed by atoms with E-state index in [1.165, 1.54) is 12.1 Å². The number of primary sulfonamides is 1. The fourth-order valence-electron chi connectivity index (χ4n) is 2.99. The Kier molecular flexibility index (Phi) is 7.92. The first-order valence-corrected chi connectivity index (χ1v) is 11.9. The van der Waals surface area contributed by atoms with Crippen molar-refractivity contribution in [2.45, 2.75) is 25.3 Å². The number of carbonyl (C=O) groups excluding carboxylic acids is 1. The summed E-state index contributed by atoms with van der Waals surface area (Å²) in [5.41, 5.74) is 3.48. The number of hydrogen-bond donors (Lipinski definition) is 3. The third-order valence-electron chi connectivity index (χ3n) is 4.68. The number of carbonyl (C=O) groups is 1. The molecule has 0 unspecified atom stereocenters. The average molecular weight is 470 g/mol. The second kappa shape index (κ2) is 10.8. The van der Waals surface area contributed by atoms with Crippen molar-refractivity contribution in [2.24, 2.45) is 5.14 Å². The predicted molar refractivity (Wildman–Crippen MR) is 128 cm³/mol. The molecular weight excluding hydrogens is 442 g/mol. The molecule has 3 aromatic carbocycles. The van der Waals surface area contributed by atoms with Gasteiger partial charge in [0.05, 0.1) is 11.5 Å². The van der Waals surface area contributed by atoms with Crippen LogP contribution in [-0.4, -0.2) is 27.5 Å². The summed E-state index contributed by atoms with van der Waals surface area (Å²) in [6.07, 6.45) is 0. The van der Waals surface area contributed by atoms with E-state index in [4.69, 9.17) is 14.6 Å². The van der Waals surface area contributed by atoms with Gasteiger partial charge in [-0.05, 0) is 67.9 Å². The number of ether oxygens (including phenoxy) is 2. The Hall–Kier alpha value is -3.56. The van der Waals surface area contributed by atoms with Crippen LogP contribution in [0.2, 0.25) is 0 Å².